The van der Waals surface area contributed by atoms with Crippen LogP contribution >= 0.6 is 0 Å². The number of likely N-dealkylation sites (N-methyl/N-ethyl adjacent to an activating group) is 1. The van der Waals surface area contributed by atoms with Gasteiger partial charge in [-0.25, -0.2) is 4.79 Å². The molecule has 0 saturated carbocycles. The lowest BCUT2D eigenvalue weighted by Crippen LogP contribution is -2.60. The zero-order chi connectivity index (χ0) is 23.7. The average Bonchev–Trinajstić information content (AvgIpc) is 3.25. The summed E-state index contributed by atoms with van der Waals surface area (Å²) in [5.74, 6) is 0.575. The highest BCUT2D eigenvalue weighted by Crippen LogP contribution is 2.37. The van der Waals surface area contributed by atoms with E-state index in [0.29, 0.717) is 11.1 Å². The minimum Gasteiger partial charge on any atom is -0.497 e. The Hall–Kier alpha value is -2.83. The molecule has 180 valence electrons. The number of fused-ring (bicyclic) bond motifs is 4. The first kappa shape index (κ1) is 22.9. The van der Waals surface area contributed by atoms with Crippen LogP contribution in [0.1, 0.15) is 40.7 Å². The Morgan fingerprint density at radius 1 is 1.03 bits per heavy atom. The number of esters is 1. The van der Waals surface area contributed by atoms with Crippen molar-refractivity contribution in [1.82, 2.24) is 14.4 Å². The SMILES string of the molecule is COC(=O)c1cccc2c1c(CCN(C)C13CCN(CC1)CC3)cn2Cc1ccc(OC)cc1. The maximum atomic E-state index is 12.6. The number of aromatic nitrogens is 1. The Bertz CT molecular complexity index is 1150. The van der Waals surface area contributed by atoms with E-state index < -0.39 is 0 Å². The van der Waals surface area contributed by atoms with Crippen LogP contribution < -0.4 is 4.74 Å². The number of hydrogen-bond acceptors (Lipinski definition) is 5. The van der Waals surface area contributed by atoms with E-state index in [2.05, 4.69) is 45.8 Å². The van der Waals surface area contributed by atoms with Crippen LogP contribution in [0, 0.1) is 0 Å². The van der Waals surface area contributed by atoms with Crippen molar-refractivity contribution in [2.45, 2.75) is 37.8 Å². The second-order valence-corrected chi connectivity index (χ2v) is 9.81. The number of ether oxygens (including phenoxy) is 2. The molecule has 34 heavy (non-hydrogen) atoms. The van der Waals surface area contributed by atoms with Gasteiger partial charge in [0, 0.05) is 35.7 Å². The van der Waals surface area contributed by atoms with Crippen molar-refractivity contribution in [1.29, 1.82) is 0 Å². The van der Waals surface area contributed by atoms with Crippen LogP contribution in [0.25, 0.3) is 10.9 Å². The van der Waals surface area contributed by atoms with Crippen LogP contribution in [0.5, 0.6) is 5.75 Å². The molecule has 3 saturated heterocycles. The Balaban J connectivity index is 1.45. The average molecular weight is 462 g/mol. The Kier molecular flexibility index (Phi) is 6.36. The Morgan fingerprint density at radius 2 is 1.74 bits per heavy atom. The summed E-state index contributed by atoms with van der Waals surface area (Å²) in [7, 11) is 5.43. The van der Waals surface area contributed by atoms with Crippen LogP contribution in [-0.4, -0.2) is 73.3 Å². The van der Waals surface area contributed by atoms with Gasteiger partial charge >= 0.3 is 5.97 Å². The quantitative estimate of drug-likeness (QED) is 0.471. The molecule has 0 unspecified atom stereocenters. The summed E-state index contributed by atoms with van der Waals surface area (Å²) < 4.78 is 12.7. The third-order valence-electron chi connectivity index (χ3n) is 8.11. The number of nitrogens with zero attached hydrogens (tertiary/aromatic N) is 3. The minimum atomic E-state index is -0.277. The van der Waals surface area contributed by atoms with Crippen LogP contribution in [0.15, 0.2) is 48.7 Å². The second kappa shape index (κ2) is 9.43. The number of methoxy groups -OCH3 is 2. The van der Waals surface area contributed by atoms with Crippen molar-refractivity contribution in [2.24, 2.45) is 0 Å². The van der Waals surface area contributed by atoms with Crippen LogP contribution in [0.2, 0.25) is 0 Å². The highest BCUT2D eigenvalue weighted by atomic mass is 16.5. The molecule has 3 aliphatic rings. The largest absolute Gasteiger partial charge is 0.497 e. The lowest BCUT2D eigenvalue weighted by atomic mass is 9.78. The number of hydrogen-bond donors (Lipinski definition) is 0. The number of piperidine rings is 3. The summed E-state index contributed by atoms with van der Waals surface area (Å²) in [4.78, 5) is 17.8. The van der Waals surface area contributed by atoms with Gasteiger partial charge in [0.2, 0.25) is 0 Å². The fourth-order valence-electron chi connectivity index (χ4n) is 5.87. The highest BCUT2D eigenvalue weighted by Gasteiger charge is 2.41. The van der Waals surface area contributed by atoms with Crippen molar-refractivity contribution in [3.63, 3.8) is 0 Å². The molecule has 0 N–H and O–H groups in total. The molecule has 0 radical (unpaired) electrons. The molecule has 0 amide bonds. The van der Waals surface area contributed by atoms with Gasteiger partial charge in [0.05, 0.1) is 19.8 Å². The van der Waals surface area contributed by atoms with E-state index in [0.717, 1.165) is 36.2 Å². The van der Waals surface area contributed by atoms with Gasteiger partial charge in [-0.1, -0.05) is 18.2 Å². The van der Waals surface area contributed by atoms with Crippen molar-refractivity contribution in [2.75, 3.05) is 47.4 Å². The third kappa shape index (κ3) is 4.21. The number of rotatable bonds is 8. The molecule has 6 nitrogen and oxygen atoms in total. The summed E-state index contributed by atoms with van der Waals surface area (Å²) in [5.41, 5.74) is 4.45. The summed E-state index contributed by atoms with van der Waals surface area (Å²) in [6, 6.07) is 14.1. The molecule has 1 aromatic heterocycles. The maximum absolute atomic E-state index is 12.6. The lowest BCUT2D eigenvalue weighted by Gasteiger charge is -2.53. The fourth-order valence-corrected chi connectivity index (χ4v) is 5.87. The second-order valence-electron chi connectivity index (χ2n) is 9.81. The fraction of sp³-hybridized carbons (Fsp3) is 0.464. The Labute approximate surface area is 202 Å². The zero-order valence-corrected chi connectivity index (χ0v) is 20.5. The summed E-state index contributed by atoms with van der Waals surface area (Å²) in [6.07, 6.45) is 6.92. The molecule has 4 heterocycles. The van der Waals surface area contributed by atoms with E-state index in [9.17, 15) is 4.79 Å². The van der Waals surface area contributed by atoms with Crippen molar-refractivity contribution < 1.29 is 14.3 Å². The third-order valence-corrected chi connectivity index (χ3v) is 8.11. The zero-order valence-electron chi connectivity index (χ0n) is 20.5. The standard InChI is InChI=1S/C28H35N3O3/c1-29(28-12-16-30(17-13-28)18-14-28)15-11-22-20-31(19-21-7-9-23(33-2)10-8-21)25-6-4-5-24(26(22)25)27(32)34-3/h4-10,20H,11-19H2,1-3H3. The molecule has 3 fully saturated rings. The first-order valence-corrected chi connectivity index (χ1v) is 12.3. The molecule has 3 aromatic rings. The number of benzene rings is 2. The molecule has 0 spiro atoms. The predicted octanol–water partition coefficient (Wildman–Crippen LogP) is 4.20. The summed E-state index contributed by atoms with van der Waals surface area (Å²) in [5, 5.41) is 1.02. The minimum absolute atomic E-state index is 0.277. The van der Waals surface area contributed by atoms with E-state index in [1.54, 1.807) is 7.11 Å². The van der Waals surface area contributed by atoms with Crippen molar-refractivity contribution >= 4 is 16.9 Å². The molecule has 2 aromatic carbocycles. The van der Waals surface area contributed by atoms with E-state index in [4.69, 9.17) is 9.47 Å². The smallest absolute Gasteiger partial charge is 0.338 e. The van der Waals surface area contributed by atoms with Gasteiger partial charge in [0.15, 0.2) is 0 Å². The monoisotopic (exact) mass is 461 g/mol. The maximum Gasteiger partial charge on any atom is 0.338 e. The van der Waals surface area contributed by atoms with Gasteiger partial charge in [0.25, 0.3) is 0 Å². The van der Waals surface area contributed by atoms with E-state index in [-0.39, 0.29) is 5.97 Å². The number of carbonyl (C=O) groups excluding carboxylic acids is 1. The van der Waals surface area contributed by atoms with Crippen LogP contribution in [0.3, 0.4) is 0 Å². The highest BCUT2D eigenvalue weighted by molar-refractivity contribution is 6.05. The topological polar surface area (TPSA) is 46.9 Å². The van der Waals surface area contributed by atoms with Gasteiger partial charge < -0.3 is 23.8 Å². The molecular formula is C28H35N3O3. The van der Waals surface area contributed by atoms with Gasteiger partial charge in [-0.15, -0.1) is 0 Å². The van der Waals surface area contributed by atoms with E-state index >= 15 is 0 Å². The first-order valence-electron chi connectivity index (χ1n) is 12.3. The van der Waals surface area contributed by atoms with E-state index in [1.807, 2.05) is 24.3 Å². The predicted molar refractivity (Wildman–Crippen MR) is 135 cm³/mol. The van der Waals surface area contributed by atoms with Gasteiger partial charge in [0.1, 0.15) is 5.75 Å². The van der Waals surface area contributed by atoms with Crippen molar-refractivity contribution in [3.05, 3.63) is 65.4 Å². The van der Waals surface area contributed by atoms with Gasteiger partial charge in [-0.3, -0.25) is 0 Å². The molecular weight excluding hydrogens is 426 g/mol. The molecule has 6 rings (SSSR count). The van der Waals surface area contributed by atoms with Crippen molar-refractivity contribution in [3.8, 4) is 5.75 Å². The Morgan fingerprint density at radius 3 is 2.38 bits per heavy atom. The molecule has 3 aliphatic heterocycles. The van der Waals surface area contributed by atoms with Crippen LogP contribution in [-0.2, 0) is 17.7 Å². The van der Waals surface area contributed by atoms with E-state index in [1.165, 1.54) is 57.1 Å². The lowest BCUT2D eigenvalue weighted by molar-refractivity contribution is -0.0172. The number of carbonyl (C=O) groups is 1. The van der Waals surface area contributed by atoms with Crippen LogP contribution in [0.4, 0.5) is 0 Å². The molecule has 0 atom stereocenters. The summed E-state index contributed by atoms with van der Waals surface area (Å²) >= 11 is 0. The normalized spacial score (nSPS) is 21.8. The summed E-state index contributed by atoms with van der Waals surface area (Å²) in [6.45, 7) is 5.38. The molecule has 2 bridgehead atoms. The first-order chi connectivity index (χ1) is 16.5. The van der Waals surface area contributed by atoms with Gasteiger partial charge in [-0.2, -0.15) is 0 Å². The van der Waals surface area contributed by atoms with Gasteiger partial charge in [-0.05, 0) is 87.8 Å². The molecule has 6 heteroatoms. The molecule has 0 aliphatic carbocycles.